The highest BCUT2D eigenvalue weighted by Crippen LogP contribution is 2.22. The topological polar surface area (TPSA) is 140 Å². The maximum atomic E-state index is 13.3. The van der Waals surface area contributed by atoms with Crippen molar-refractivity contribution in [1.82, 2.24) is 24.0 Å². The molecule has 10 nitrogen and oxygen atoms in total. The number of nitrogen functional groups attached to an aromatic ring is 1. The average molecular weight is 466 g/mol. The van der Waals surface area contributed by atoms with E-state index >= 15 is 0 Å². The Labute approximate surface area is 184 Å². The number of fused-ring (bicyclic) bond motifs is 1. The van der Waals surface area contributed by atoms with Crippen molar-refractivity contribution in [2.24, 2.45) is 0 Å². The zero-order valence-corrected chi connectivity index (χ0v) is 19.0. The predicted octanol–water partition coefficient (Wildman–Crippen LogP) is 2.61. The van der Waals surface area contributed by atoms with E-state index in [0.29, 0.717) is 18.0 Å². The molecular weight excluding hydrogens is 442 g/mol. The predicted molar refractivity (Wildman–Crippen MR) is 120 cm³/mol. The Balaban J connectivity index is 2.32. The molecule has 0 radical (unpaired) electrons. The second kappa shape index (κ2) is 8.67. The molecule has 12 heteroatoms. The van der Waals surface area contributed by atoms with E-state index in [0.717, 1.165) is 10.1 Å². The molecule has 2 heterocycles. The van der Waals surface area contributed by atoms with Gasteiger partial charge in [-0.25, -0.2) is 28.1 Å². The highest BCUT2D eigenvalue weighted by Gasteiger charge is 2.27. The molecule has 0 saturated heterocycles. The Hall–Kier alpha value is -2.92. The van der Waals surface area contributed by atoms with E-state index in [1.54, 1.807) is 45.2 Å². The Morgan fingerprint density at radius 1 is 1.26 bits per heavy atom. The molecular formula is C19H24ClN7O3S. The summed E-state index contributed by atoms with van der Waals surface area (Å²) in [7, 11) is -1.75. The highest BCUT2D eigenvalue weighted by molar-refractivity contribution is 7.92. The number of amides is 1. The fourth-order valence-electron chi connectivity index (χ4n) is 3.07. The molecule has 3 rings (SSSR count). The van der Waals surface area contributed by atoms with Gasteiger partial charge in [0.25, 0.3) is 0 Å². The van der Waals surface area contributed by atoms with Gasteiger partial charge in [-0.1, -0.05) is 30.7 Å². The molecule has 1 amide bonds. The van der Waals surface area contributed by atoms with Gasteiger partial charge in [0.2, 0.25) is 5.16 Å². The van der Waals surface area contributed by atoms with E-state index in [2.05, 4.69) is 9.97 Å². The Morgan fingerprint density at radius 2 is 1.90 bits per heavy atom. The molecule has 1 unspecified atom stereocenters. The number of nitrogens with zero attached hydrogens (tertiary/aromatic N) is 5. The Bertz CT molecular complexity index is 1300. The minimum Gasteiger partial charge on any atom is -0.382 e. The summed E-state index contributed by atoms with van der Waals surface area (Å²) in [5.74, 6) is -0.127. The number of hydrogen-bond acceptors (Lipinski definition) is 7. The van der Waals surface area contributed by atoms with Crippen molar-refractivity contribution in [2.45, 2.75) is 32.0 Å². The van der Waals surface area contributed by atoms with E-state index in [-0.39, 0.29) is 34.4 Å². The summed E-state index contributed by atoms with van der Waals surface area (Å²) in [4.78, 5) is 35.9. The van der Waals surface area contributed by atoms with Gasteiger partial charge in [-0.2, -0.15) is 4.98 Å². The maximum Gasteiger partial charge on any atom is 0.339 e. The van der Waals surface area contributed by atoms with Crippen molar-refractivity contribution in [3.05, 3.63) is 45.3 Å². The number of nitrogens with one attached hydrogen (secondary N) is 1. The van der Waals surface area contributed by atoms with Crippen LogP contribution in [0, 0.1) is 4.78 Å². The third-order valence-corrected chi connectivity index (χ3v) is 6.81. The smallest absolute Gasteiger partial charge is 0.339 e. The molecule has 0 fully saturated rings. The third kappa shape index (κ3) is 4.28. The zero-order chi connectivity index (χ0) is 22.9. The zero-order valence-electron chi connectivity index (χ0n) is 17.5. The van der Waals surface area contributed by atoms with Crippen molar-refractivity contribution in [3.8, 4) is 0 Å². The number of halogens is 1. The highest BCUT2D eigenvalue weighted by atomic mass is 35.5. The molecule has 3 N–H and O–H groups in total. The number of imidazole rings is 1. The van der Waals surface area contributed by atoms with Gasteiger partial charge in [0.05, 0.1) is 6.54 Å². The van der Waals surface area contributed by atoms with Crippen LogP contribution in [-0.2, 0) is 16.3 Å². The first-order valence-electron chi connectivity index (χ1n) is 9.65. The largest absolute Gasteiger partial charge is 0.382 e. The first kappa shape index (κ1) is 22.8. The van der Waals surface area contributed by atoms with Crippen LogP contribution in [0.2, 0.25) is 5.02 Å². The summed E-state index contributed by atoms with van der Waals surface area (Å²) < 4.78 is 23.1. The third-order valence-electron chi connectivity index (χ3n) is 4.81. The standard InChI is InChI=1S/C19H24ClN7O3S/c1-4-10-31(22,30)17-23-15(21)14-16(24-17)26(11-12-6-8-13(20)9-7-12)19(29)27(14)18(28)25(3)5-2/h6-9,22H,4-5,10-11H2,1-3H3,(H2,21,23,24). The minimum atomic E-state index is -3.30. The number of anilines is 1. The van der Waals surface area contributed by atoms with Gasteiger partial charge in [-0.3, -0.25) is 4.57 Å². The van der Waals surface area contributed by atoms with Gasteiger partial charge in [-0.15, -0.1) is 0 Å². The molecule has 2 aromatic heterocycles. The van der Waals surface area contributed by atoms with E-state index < -0.39 is 21.4 Å². The number of carbonyl (C=O) groups is 1. The van der Waals surface area contributed by atoms with Gasteiger partial charge in [0.15, 0.2) is 11.5 Å². The number of hydrogen-bond donors (Lipinski definition) is 2. The molecule has 1 aromatic carbocycles. The SMILES string of the molecule is CCCS(=N)(=O)c1nc(N)c2c(n1)n(Cc1ccc(Cl)cc1)c(=O)n2C(=O)N(C)CC. The van der Waals surface area contributed by atoms with E-state index in [1.807, 2.05) is 0 Å². The second-order valence-electron chi connectivity index (χ2n) is 7.07. The van der Waals surface area contributed by atoms with Crippen LogP contribution in [0.3, 0.4) is 0 Å². The summed E-state index contributed by atoms with van der Waals surface area (Å²) >= 11 is 5.95. The van der Waals surface area contributed by atoms with Crippen molar-refractivity contribution in [2.75, 3.05) is 25.1 Å². The average Bonchev–Trinajstić information content (AvgIpc) is 3.00. The summed E-state index contributed by atoms with van der Waals surface area (Å²) in [6.07, 6.45) is 0.488. The van der Waals surface area contributed by atoms with Crippen LogP contribution in [0.25, 0.3) is 11.2 Å². The van der Waals surface area contributed by atoms with Crippen molar-refractivity contribution >= 4 is 44.3 Å². The van der Waals surface area contributed by atoms with Crippen LogP contribution in [0.1, 0.15) is 25.8 Å². The second-order valence-corrected chi connectivity index (χ2v) is 9.63. The molecule has 31 heavy (non-hydrogen) atoms. The van der Waals surface area contributed by atoms with E-state index in [9.17, 15) is 13.8 Å². The molecule has 0 aliphatic carbocycles. The van der Waals surface area contributed by atoms with Crippen molar-refractivity contribution < 1.29 is 9.00 Å². The van der Waals surface area contributed by atoms with Crippen LogP contribution in [0.4, 0.5) is 10.6 Å². The van der Waals surface area contributed by atoms with Crippen LogP contribution in [-0.4, -0.2) is 53.6 Å². The van der Waals surface area contributed by atoms with Gasteiger partial charge >= 0.3 is 11.7 Å². The lowest BCUT2D eigenvalue weighted by Gasteiger charge is -2.14. The van der Waals surface area contributed by atoms with Gasteiger partial charge in [0, 0.05) is 24.4 Å². The summed E-state index contributed by atoms with van der Waals surface area (Å²) in [6.45, 7) is 4.01. The number of benzene rings is 1. The molecule has 3 aromatic rings. The number of aromatic nitrogens is 4. The molecule has 0 saturated carbocycles. The van der Waals surface area contributed by atoms with Crippen LogP contribution < -0.4 is 11.4 Å². The minimum absolute atomic E-state index is 0.0275. The summed E-state index contributed by atoms with van der Waals surface area (Å²) in [5.41, 5.74) is 6.27. The quantitative estimate of drug-likeness (QED) is 0.536. The molecule has 0 aliphatic heterocycles. The molecule has 0 spiro atoms. The molecule has 1 atom stereocenters. The Morgan fingerprint density at radius 3 is 2.48 bits per heavy atom. The van der Waals surface area contributed by atoms with Crippen molar-refractivity contribution in [3.63, 3.8) is 0 Å². The van der Waals surface area contributed by atoms with Gasteiger partial charge in [-0.05, 0) is 31.0 Å². The first-order chi connectivity index (χ1) is 14.6. The monoisotopic (exact) mass is 465 g/mol. The van der Waals surface area contributed by atoms with Crippen LogP contribution in [0.5, 0.6) is 0 Å². The van der Waals surface area contributed by atoms with Gasteiger partial charge < -0.3 is 10.6 Å². The van der Waals surface area contributed by atoms with Crippen LogP contribution in [0.15, 0.2) is 34.2 Å². The van der Waals surface area contributed by atoms with Crippen LogP contribution >= 0.6 is 11.6 Å². The Kier molecular flexibility index (Phi) is 6.37. The molecule has 0 bridgehead atoms. The van der Waals surface area contributed by atoms with E-state index in [1.165, 1.54) is 9.47 Å². The summed E-state index contributed by atoms with van der Waals surface area (Å²) in [6, 6.07) is 6.27. The summed E-state index contributed by atoms with van der Waals surface area (Å²) in [5, 5.41) is 0.290. The molecule has 0 aliphatic rings. The fraction of sp³-hybridized carbons (Fsp3) is 0.368. The lowest BCUT2D eigenvalue weighted by atomic mass is 10.2. The first-order valence-corrected chi connectivity index (χ1v) is 11.8. The lowest BCUT2D eigenvalue weighted by Crippen LogP contribution is -2.38. The van der Waals surface area contributed by atoms with Crippen molar-refractivity contribution in [1.29, 1.82) is 4.78 Å². The lowest BCUT2D eigenvalue weighted by molar-refractivity contribution is 0.212. The number of rotatable bonds is 6. The maximum absolute atomic E-state index is 13.3. The normalized spacial score (nSPS) is 13.3. The number of carbonyl (C=O) groups excluding carboxylic acids is 1. The fourth-order valence-corrected chi connectivity index (χ4v) is 4.44. The van der Waals surface area contributed by atoms with E-state index in [4.69, 9.17) is 22.1 Å². The van der Waals surface area contributed by atoms with Gasteiger partial charge in [0.1, 0.15) is 15.2 Å². The number of nitrogens with two attached hydrogens (primary N) is 1. The molecule has 166 valence electrons.